The first kappa shape index (κ1) is 28.8. The summed E-state index contributed by atoms with van der Waals surface area (Å²) in [5.41, 5.74) is 13.5. The third-order valence-corrected chi connectivity index (χ3v) is 7.99. The molecule has 0 bridgehead atoms. The average molecular weight is 583 g/mol. The molecule has 44 heavy (non-hydrogen) atoms. The van der Waals surface area contributed by atoms with Crippen LogP contribution in [0.5, 0.6) is 5.75 Å². The number of aromatic hydroxyl groups is 1. The van der Waals surface area contributed by atoms with Gasteiger partial charge in [0.1, 0.15) is 22.9 Å². The first-order chi connectivity index (χ1) is 21.5. The Morgan fingerprint density at radius 1 is 0.591 bits per heavy atom. The van der Waals surface area contributed by atoms with E-state index in [0.717, 1.165) is 50.7 Å². The van der Waals surface area contributed by atoms with Gasteiger partial charge in [-0.25, -0.2) is 8.78 Å². The molecular weight excluding hydrogens is 550 g/mol. The van der Waals surface area contributed by atoms with Crippen molar-refractivity contribution in [3.63, 3.8) is 0 Å². The van der Waals surface area contributed by atoms with Crippen LogP contribution in [0.1, 0.15) is 33.4 Å². The van der Waals surface area contributed by atoms with Gasteiger partial charge in [-0.05, 0) is 81.3 Å². The Morgan fingerprint density at radius 2 is 1.09 bits per heavy atom. The molecule has 0 saturated carbocycles. The number of phenolic OH excluding ortho intramolecular Hbond substituents is 1. The molecule has 6 aromatic carbocycles. The highest BCUT2D eigenvalue weighted by atomic mass is 19.1. The molecule has 0 saturated heterocycles. The summed E-state index contributed by atoms with van der Waals surface area (Å²) in [7, 11) is 0. The van der Waals surface area contributed by atoms with Crippen LogP contribution >= 0.6 is 0 Å². The summed E-state index contributed by atoms with van der Waals surface area (Å²) in [6, 6.07) is 45.5. The van der Waals surface area contributed by atoms with Crippen molar-refractivity contribution in [2.75, 3.05) is 5.32 Å². The van der Waals surface area contributed by atoms with Gasteiger partial charge >= 0.3 is 0 Å². The molecule has 0 fully saturated rings. The van der Waals surface area contributed by atoms with Crippen LogP contribution in [0.4, 0.5) is 14.5 Å². The Morgan fingerprint density at radius 3 is 1.57 bits per heavy atom. The number of anilines is 1. The maximum absolute atomic E-state index is 14.2. The zero-order chi connectivity index (χ0) is 30.5. The van der Waals surface area contributed by atoms with Crippen molar-refractivity contribution < 1.29 is 13.9 Å². The van der Waals surface area contributed by atoms with Gasteiger partial charge in [0.25, 0.3) is 0 Å². The van der Waals surface area contributed by atoms with Gasteiger partial charge in [0.15, 0.2) is 0 Å². The Balaban J connectivity index is 1.59. The van der Waals surface area contributed by atoms with E-state index in [2.05, 4.69) is 47.8 Å². The minimum absolute atomic E-state index is 0.149. The van der Waals surface area contributed by atoms with Gasteiger partial charge in [-0.1, -0.05) is 109 Å². The molecule has 0 aromatic heterocycles. The number of rotatable bonds is 9. The van der Waals surface area contributed by atoms with Crippen LogP contribution in [0, 0.1) is 11.6 Å². The minimum atomic E-state index is -0.785. The summed E-state index contributed by atoms with van der Waals surface area (Å²) in [4.78, 5) is 0. The zero-order valence-electron chi connectivity index (χ0n) is 24.1. The first-order valence-corrected chi connectivity index (χ1v) is 14.5. The second kappa shape index (κ2) is 12.5. The van der Waals surface area contributed by atoms with E-state index >= 15 is 0 Å². The number of hydrogen-bond acceptors (Lipinski definition) is 3. The maximum atomic E-state index is 14.2. The molecular formula is C39H32F2N2O. The summed E-state index contributed by atoms with van der Waals surface area (Å²) >= 11 is 0. The van der Waals surface area contributed by atoms with Crippen molar-refractivity contribution in [3.8, 4) is 16.9 Å². The van der Waals surface area contributed by atoms with Crippen molar-refractivity contribution in [2.45, 2.75) is 18.5 Å². The predicted molar refractivity (Wildman–Crippen MR) is 173 cm³/mol. The molecule has 0 unspecified atom stereocenters. The van der Waals surface area contributed by atoms with Crippen LogP contribution in [0.2, 0.25) is 0 Å². The van der Waals surface area contributed by atoms with Crippen LogP contribution in [0.25, 0.3) is 11.1 Å². The van der Waals surface area contributed by atoms with Crippen LogP contribution in [0.3, 0.4) is 0 Å². The highest BCUT2D eigenvalue weighted by molar-refractivity contribution is 5.76. The molecule has 0 atom stereocenters. The number of hydrogen-bond donors (Lipinski definition) is 3. The van der Waals surface area contributed by atoms with E-state index in [-0.39, 0.29) is 12.3 Å². The van der Waals surface area contributed by atoms with Gasteiger partial charge < -0.3 is 16.2 Å². The van der Waals surface area contributed by atoms with Gasteiger partial charge in [0.2, 0.25) is 0 Å². The summed E-state index contributed by atoms with van der Waals surface area (Å²) < 4.78 is 28.4. The third kappa shape index (κ3) is 5.83. The van der Waals surface area contributed by atoms with E-state index in [1.54, 1.807) is 12.1 Å². The zero-order valence-corrected chi connectivity index (χ0v) is 24.1. The molecule has 0 radical (unpaired) electrons. The Bertz CT molecular complexity index is 1740. The summed E-state index contributed by atoms with van der Waals surface area (Å²) in [6.07, 6.45) is 0.291. The molecule has 0 heterocycles. The second-order valence-corrected chi connectivity index (χ2v) is 10.8. The molecule has 5 heteroatoms. The van der Waals surface area contributed by atoms with E-state index in [1.165, 1.54) is 12.1 Å². The lowest BCUT2D eigenvalue weighted by Gasteiger charge is -2.38. The molecule has 0 spiro atoms. The smallest absolute Gasteiger partial charge is 0.126 e. The topological polar surface area (TPSA) is 58.3 Å². The molecule has 0 aliphatic rings. The predicted octanol–water partition coefficient (Wildman–Crippen LogP) is 8.79. The fourth-order valence-corrected chi connectivity index (χ4v) is 5.95. The van der Waals surface area contributed by atoms with Crippen molar-refractivity contribution in [1.82, 2.24) is 0 Å². The SMILES string of the molecule is NCc1cc(Cc2cc(F)cc(F)c2)c(-c2ccc(O)cc2)cc1NC(c1ccccc1)(c1ccccc1)c1ccccc1. The largest absolute Gasteiger partial charge is 0.508 e. The summed E-state index contributed by atoms with van der Waals surface area (Å²) in [5.74, 6) is -1.10. The fraction of sp³-hybridized carbons (Fsp3) is 0.0769. The maximum Gasteiger partial charge on any atom is 0.126 e. The standard InChI is InChI=1S/C39H32F2N2O/c40-34-21-27(22-35(41)24-34)20-29-23-30(26-42)38(25-37(29)28-16-18-36(44)19-17-28)43-39(31-10-4-1-5-11-31,32-12-6-2-7-13-32)33-14-8-3-9-15-33/h1-19,21-25,43-44H,20,26,42H2. The molecule has 6 aromatic rings. The number of nitrogens with two attached hydrogens (primary N) is 1. The minimum Gasteiger partial charge on any atom is -0.508 e. The van der Waals surface area contributed by atoms with Crippen LogP contribution in [-0.2, 0) is 18.5 Å². The fourth-order valence-electron chi connectivity index (χ4n) is 5.95. The normalized spacial score (nSPS) is 11.3. The lowest BCUT2D eigenvalue weighted by Crippen LogP contribution is -2.38. The number of halogens is 2. The van der Waals surface area contributed by atoms with Gasteiger partial charge in [-0.2, -0.15) is 0 Å². The molecule has 3 nitrogen and oxygen atoms in total. The number of benzene rings is 6. The first-order valence-electron chi connectivity index (χ1n) is 14.5. The van der Waals surface area contributed by atoms with Crippen LogP contribution in [-0.4, -0.2) is 5.11 Å². The summed E-state index contributed by atoms with van der Waals surface area (Å²) in [5, 5.41) is 14.0. The van der Waals surface area contributed by atoms with Gasteiger partial charge in [-0.15, -0.1) is 0 Å². The monoisotopic (exact) mass is 582 g/mol. The van der Waals surface area contributed by atoms with Crippen LogP contribution < -0.4 is 11.1 Å². The van der Waals surface area contributed by atoms with E-state index < -0.39 is 17.2 Å². The Labute approximate surface area is 256 Å². The van der Waals surface area contributed by atoms with Gasteiger partial charge in [0.05, 0.1) is 0 Å². The molecule has 0 amide bonds. The summed E-state index contributed by atoms with van der Waals surface area (Å²) in [6.45, 7) is 0.233. The Hall–Kier alpha value is -5.26. The van der Waals surface area contributed by atoms with E-state index in [1.807, 2.05) is 72.8 Å². The van der Waals surface area contributed by atoms with Crippen molar-refractivity contribution >= 4 is 5.69 Å². The van der Waals surface area contributed by atoms with Crippen LogP contribution in [0.15, 0.2) is 146 Å². The highest BCUT2D eigenvalue weighted by Crippen LogP contribution is 2.42. The van der Waals surface area contributed by atoms with Crippen molar-refractivity contribution in [1.29, 1.82) is 0 Å². The Kier molecular flexibility index (Phi) is 8.22. The molecule has 0 aliphatic carbocycles. The molecule has 218 valence electrons. The van der Waals surface area contributed by atoms with Crippen molar-refractivity contribution in [2.24, 2.45) is 5.73 Å². The molecule has 4 N–H and O–H groups in total. The molecule has 6 rings (SSSR count). The van der Waals surface area contributed by atoms with Gasteiger partial charge in [0, 0.05) is 18.3 Å². The highest BCUT2D eigenvalue weighted by Gasteiger charge is 2.37. The lowest BCUT2D eigenvalue weighted by molar-refractivity contribution is 0.475. The third-order valence-electron chi connectivity index (χ3n) is 7.99. The lowest BCUT2D eigenvalue weighted by atomic mass is 9.76. The number of phenols is 1. The van der Waals surface area contributed by atoms with E-state index in [0.29, 0.717) is 12.0 Å². The second-order valence-electron chi connectivity index (χ2n) is 10.8. The van der Waals surface area contributed by atoms with E-state index in [9.17, 15) is 13.9 Å². The quantitative estimate of drug-likeness (QED) is 0.149. The average Bonchev–Trinajstić information content (AvgIpc) is 3.05. The van der Waals surface area contributed by atoms with Crippen molar-refractivity contribution in [3.05, 3.63) is 191 Å². The number of nitrogens with one attached hydrogen (secondary N) is 1. The molecule has 0 aliphatic heterocycles. The van der Waals surface area contributed by atoms with Gasteiger partial charge in [-0.3, -0.25) is 0 Å². The van der Waals surface area contributed by atoms with E-state index in [4.69, 9.17) is 5.73 Å².